The first kappa shape index (κ1) is 24.5. The minimum atomic E-state index is -0.550. The van der Waals surface area contributed by atoms with Crippen molar-refractivity contribution in [2.75, 3.05) is 5.73 Å². The molecule has 0 radical (unpaired) electrons. The number of aliphatic hydroxyl groups is 1. The van der Waals surface area contributed by atoms with Crippen LogP contribution in [-0.2, 0) is 20.1 Å². The van der Waals surface area contributed by atoms with Gasteiger partial charge in [0.15, 0.2) is 5.82 Å². The lowest BCUT2D eigenvalue weighted by Gasteiger charge is -2.15. The van der Waals surface area contributed by atoms with Gasteiger partial charge in [-0.25, -0.2) is 9.37 Å². The lowest BCUT2D eigenvalue weighted by Crippen LogP contribution is -2.20. The van der Waals surface area contributed by atoms with Crippen molar-refractivity contribution in [1.29, 1.82) is 5.26 Å². The molecule has 3 aromatic heterocycles. The van der Waals surface area contributed by atoms with Crippen LogP contribution in [0, 0.1) is 17.1 Å². The number of nitrogens with two attached hydrogens (primary N) is 1. The Balaban J connectivity index is 1.44. The highest BCUT2D eigenvalue weighted by atomic mass is 19.1. The molecule has 1 fully saturated rings. The van der Waals surface area contributed by atoms with Gasteiger partial charge in [-0.2, -0.15) is 15.2 Å². The Morgan fingerprint density at radius 2 is 2.00 bits per heavy atom. The highest BCUT2D eigenvalue weighted by molar-refractivity contribution is 5.83. The Morgan fingerprint density at radius 3 is 2.72 bits per heavy atom. The van der Waals surface area contributed by atoms with Gasteiger partial charge >= 0.3 is 0 Å². The minimum absolute atomic E-state index is 0.00230. The standard InChI is InChI=1S/C29H24FN7O2/c1-36-14-16(9-20(36)13-31)10-25-33-27(35-29(32)34-25)21-3-2-4-24(22(21)15-38)37-8-7-18-11-19(17-5-6-17)12-23(30)26(18)28(37)39/h2-4,7-9,11-12,14,17,38H,5-6,10,15H2,1H3,(H2,32,33,34,35). The van der Waals surface area contributed by atoms with Gasteiger partial charge in [0.25, 0.3) is 5.56 Å². The number of benzene rings is 2. The van der Waals surface area contributed by atoms with E-state index in [1.165, 1.54) is 10.6 Å². The number of aliphatic hydroxyl groups excluding tert-OH is 1. The van der Waals surface area contributed by atoms with Gasteiger partial charge in [0.05, 0.1) is 17.7 Å². The van der Waals surface area contributed by atoms with Gasteiger partial charge < -0.3 is 15.4 Å². The predicted octanol–water partition coefficient (Wildman–Crippen LogP) is 3.73. The lowest BCUT2D eigenvalue weighted by molar-refractivity contribution is 0.282. The Bertz CT molecular complexity index is 1860. The van der Waals surface area contributed by atoms with Crippen molar-refractivity contribution in [2.24, 2.45) is 7.05 Å². The molecular weight excluding hydrogens is 497 g/mol. The number of aromatic nitrogens is 5. The Labute approximate surface area is 222 Å². The number of halogens is 1. The minimum Gasteiger partial charge on any atom is -0.392 e. The van der Waals surface area contributed by atoms with Gasteiger partial charge in [0.2, 0.25) is 5.95 Å². The molecular formula is C29H24FN7O2. The number of anilines is 1. The zero-order valence-corrected chi connectivity index (χ0v) is 21.1. The molecule has 2 aromatic carbocycles. The van der Waals surface area contributed by atoms with E-state index < -0.39 is 18.0 Å². The van der Waals surface area contributed by atoms with E-state index in [0.29, 0.717) is 46.1 Å². The molecule has 6 rings (SSSR count). The highest BCUT2D eigenvalue weighted by Crippen LogP contribution is 2.41. The molecule has 0 bridgehead atoms. The van der Waals surface area contributed by atoms with Crippen LogP contribution in [0.15, 0.2) is 59.7 Å². The average Bonchev–Trinajstić information content (AvgIpc) is 3.71. The summed E-state index contributed by atoms with van der Waals surface area (Å²) in [4.78, 5) is 26.6. The van der Waals surface area contributed by atoms with E-state index in [2.05, 4.69) is 21.0 Å². The first-order valence-corrected chi connectivity index (χ1v) is 12.5. The van der Waals surface area contributed by atoms with Crippen LogP contribution >= 0.6 is 0 Å². The molecule has 3 N–H and O–H groups in total. The maximum Gasteiger partial charge on any atom is 0.265 e. The van der Waals surface area contributed by atoms with E-state index in [1.807, 2.05) is 12.3 Å². The Morgan fingerprint density at radius 1 is 1.18 bits per heavy atom. The topological polar surface area (TPSA) is 136 Å². The fourth-order valence-electron chi connectivity index (χ4n) is 5.03. The summed E-state index contributed by atoms with van der Waals surface area (Å²) in [5.41, 5.74) is 8.98. The zero-order valence-electron chi connectivity index (χ0n) is 21.1. The van der Waals surface area contributed by atoms with Crippen molar-refractivity contribution in [3.8, 4) is 23.1 Å². The third-order valence-electron chi connectivity index (χ3n) is 7.07. The van der Waals surface area contributed by atoms with E-state index >= 15 is 4.39 Å². The van der Waals surface area contributed by atoms with Crippen LogP contribution in [-0.4, -0.2) is 29.2 Å². The molecule has 1 aliphatic rings. The van der Waals surface area contributed by atoms with Crippen LogP contribution in [0.5, 0.6) is 0 Å². The summed E-state index contributed by atoms with van der Waals surface area (Å²) in [5, 5.41) is 20.2. The molecule has 9 nitrogen and oxygen atoms in total. The molecule has 0 amide bonds. The number of nitriles is 1. The first-order valence-electron chi connectivity index (χ1n) is 12.5. The predicted molar refractivity (Wildman–Crippen MR) is 144 cm³/mol. The molecule has 0 saturated heterocycles. The van der Waals surface area contributed by atoms with Crippen LogP contribution in [0.3, 0.4) is 0 Å². The summed E-state index contributed by atoms with van der Waals surface area (Å²) >= 11 is 0. The fraction of sp³-hybridized carbons (Fsp3) is 0.207. The van der Waals surface area contributed by atoms with Crippen LogP contribution in [0.1, 0.15) is 47.0 Å². The van der Waals surface area contributed by atoms with Crippen LogP contribution in [0.25, 0.3) is 27.8 Å². The number of nitrogen functional groups attached to an aromatic ring is 1. The summed E-state index contributed by atoms with van der Waals surface area (Å²) in [6.45, 7) is -0.426. The van der Waals surface area contributed by atoms with Crippen molar-refractivity contribution in [3.63, 3.8) is 0 Å². The normalized spacial score (nSPS) is 13.1. The zero-order chi connectivity index (χ0) is 27.3. The third kappa shape index (κ3) is 4.43. The quantitative estimate of drug-likeness (QED) is 0.347. The number of pyridine rings is 1. The van der Waals surface area contributed by atoms with Gasteiger partial charge in [-0.05, 0) is 59.5 Å². The van der Waals surface area contributed by atoms with Gasteiger partial charge in [0.1, 0.15) is 23.4 Å². The molecule has 5 aromatic rings. The van der Waals surface area contributed by atoms with E-state index in [1.54, 1.807) is 48.1 Å². The largest absolute Gasteiger partial charge is 0.392 e. The maximum absolute atomic E-state index is 15.1. The average molecular weight is 522 g/mol. The van der Waals surface area contributed by atoms with Gasteiger partial charge in [-0.1, -0.05) is 18.2 Å². The Hall–Kier alpha value is -4.88. The summed E-state index contributed by atoms with van der Waals surface area (Å²) in [6.07, 6.45) is 5.79. The van der Waals surface area contributed by atoms with Crippen molar-refractivity contribution in [3.05, 3.63) is 99.2 Å². The molecule has 1 aliphatic carbocycles. The number of hydrogen-bond donors (Lipinski definition) is 2. The fourth-order valence-corrected chi connectivity index (χ4v) is 5.03. The molecule has 0 aliphatic heterocycles. The van der Waals surface area contributed by atoms with Gasteiger partial charge in [-0.3, -0.25) is 9.36 Å². The molecule has 3 heterocycles. The van der Waals surface area contributed by atoms with Crippen LogP contribution < -0.4 is 11.3 Å². The van der Waals surface area contributed by atoms with Crippen molar-refractivity contribution < 1.29 is 9.50 Å². The van der Waals surface area contributed by atoms with Crippen molar-refractivity contribution >= 4 is 16.7 Å². The second-order valence-corrected chi connectivity index (χ2v) is 9.76. The van der Waals surface area contributed by atoms with Crippen molar-refractivity contribution in [1.82, 2.24) is 24.1 Å². The number of rotatable bonds is 6. The molecule has 194 valence electrons. The smallest absolute Gasteiger partial charge is 0.265 e. The molecule has 0 spiro atoms. The summed E-state index contributed by atoms with van der Waals surface area (Å²) in [7, 11) is 1.78. The van der Waals surface area contributed by atoms with Crippen LogP contribution in [0.2, 0.25) is 0 Å². The summed E-state index contributed by atoms with van der Waals surface area (Å²) < 4.78 is 18.2. The molecule has 10 heteroatoms. The SMILES string of the molecule is Cn1cc(Cc2nc(N)nc(-c3cccc(-n4ccc5cc(C6CC6)cc(F)c5c4=O)c3CO)n2)cc1C#N. The number of hydrogen-bond acceptors (Lipinski definition) is 7. The highest BCUT2D eigenvalue weighted by Gasteiger charge is 2.25. The van der Waals surface area contributed by atoms with Gasteiger partial charge in [0, 0.05) is 37.0 Å². The third-order valence-corrected chi connectivity index (χ3v) is 7.07. The molecule has 0 atom stereocenters. The van der Waals surface area contributed by atoms with E-state index in [4.69, 9.17) is 5.73 Å². The van der Waals surface area contributed by atoms with Crippen molar-refractivity contribution in [2.45, 2.75) is 31.8 Å². The maximum atomic E-state index is 15.1. The number of nitrogens with zero attached hydrogens (tertiary/aromatic N) is 6. The van der Waals surface area contributed by atoms with E-state index in [0.717, 1.165) is 24.0 Å². The first-order chi connectivity index (χ1) is 18.9. The second-order valence-electron chi connectivity index (χ2n) is 9.76. The monoisotopic (exact) mass is 521 g/mol. The Kier molecular flexibility index (Phi) is 5.93. The molecule has 0 unspecified atom stereocenters. The molecule has 39 heavy (non-hydrogen) atoms. The van der Waals surface area contributed by atoms with Gasteiger partial charge in [-0.15, -0.1) is 0 Å². The lowest BCUT2D eigenvalue weighted by atomic mass is 10.0. The second kappa shape index (κ2) is 9.45. The van der Waals surface area contributed by atoms with E-state index in [9.17, 15) is 15.2 Å². The summed E-state index contributed by atoms with van der Waals surface area (Å²) in [6, 6.07) is 14.0. The molecule has 1 saturated carbocycles. The summed E-state index contributed by atoms with van der Waals surface area (Å²) in [5.74, 6) is 0.423. The number of aryl methyl sites for hydroxylation is 1. The van der Waals surface area contributed by atoms with Crippen LogP contribution in [0.4, 0.5) is 10.3 Å². The van der Waals surface area contributed by atoms with E-state index in [-0.39, 0.29) is 17.2 Å². The number of fused-ring (bicyclic) bond motifs is 1.